The van der Waals surface area contributed by atoms with E-state index in [2.05, 4.69) is 22.9 Å². The lowest BCUT2D eigenvalue weighted by molar-refractivity contribution is -0.135. The number of Topliss-reactive ketones (excluding diaryl/α,β-unsaturated/α-hetero) is 1. The highest BCUT2D eigenvalue weighted by atomic mass is 79.9. The maximum Gasteiger partial charge on any atom is 0.264 e. The van der Waals surface area contributed by atoms with Crippen molar-refractivity contribution in [1.29, 1.82) is 0 Å². The third-order valence-electron chi connectivity index (χ3n) is 6.31. The minimum Gasteiger partial charge on any atom is -0.375 e. The van der Waals surface area contributed by atoms with Crippen LogP contribution in [0.25, 0.3) is 0 Å². The summed E-state index contributed by atoms with van der Waals surface area (Å²) < 4.78 is 0.761. The SMILES string of the molecule is CCN1C(=O)[C@](O)(CC(=O)c2c(C)c(C)c(C)c(C)c2C)c2cc(Br)ccc21. The number of fused-ring (bicyclic) bond motifs is 1. The van der Waals surface area contributed by atoms with Gasteiger partial charge in [-0.05, 0) is 87.6 Å². The fourth-order valence-electron chi connectivity index (χ4n) is 4.25. The van der Waals surface area contributed by atoms with E-state index >= 15 is 0 Å². The molecular formula is C23H26BrNO3. The third-order valence-corrected chi connectivity index (χ3v) is 6.80. The first-order valence-corrected chi connectivity index (χ1v) is 10.3. The Kier molecular flexibility index (Phi) is 5.28. The molecule has 2 aromatic carbocycles. The maximum atomic E-state index is 13.4. The van der Waals surface area contributed by atoms with Gasteiger partial charge in [0.25, 0.3) is 5.91 Å². The summed E-state index contributed by atoms with van der Waals surface area (Å²) in [5.74, 6) is -0.645. The number of anilines is 1. The second kappa shape index (κ2) is 7.12. The van der Waals surface area contributed by atoms with Crippen LogP contribution in [0.5, 0.6) is 0 Å². The summed E-state index contributed by atoms with van der Waals surface area (Å²) in [6, 6.07) is 5.38. The number of aliphatic hydroxyl groups is 1. The molecule has 1 amide bonds. The Morgan fingerprint density at radius 1 is 1.04 bits per heavy atom. The highest BCUT2D eigenvalue weighted by molar-refractivity contribution is 9.10. The summed E-state index contributed by atoms with van der Waals surface area (Å²) in [5, 5.41) is 11.4. The van der Waals surface area contributed by atoms with Gasteiger partial charge in [0.2, 0.25) is 0 Å². The quantitative estimate of drug-likeness (QED) is 0.689. The Morgan fingerprint density at radius 3 is 2.11 bits per heavy atom. The fraction of sp³-hybridized carbons (Fsp3) is 0.391. The number of halogens is 1. The van der Waals surface area contributed by atoms with Gasteiger partial charge >= 0.3 is 0 Å². The first-order valence-electron chi connectivity index (χ1n) is 9.49. The normalized spacial score (nSPS) is 18.6. The number of rotatable bonds is 4. The standard InChI is InChI=1S/C23H26BrNO3/c1-7-25-19-9-8-17(24)10-18(19)23(28,22(25)27)11-20(26)21-15(5)13(3)12(2)14(4)16(21)6/h8-10,28H,7,11H2,1-6H3/t23-/m0/s1. The molecule has 1 N–H and O–H groups in total. The van der Waals surface area contributed by atoms with Crippen LogP contribution in [0, 0.1) is 34.6 Å². The van der Waals surface area contributed by atoms with E-state index in [0.717, 1.165) is 26.7 Å². The van der Waals surface area contributed by atoms with Crippen molar-refractivity contribution in [2.75, 3.05) is 11.4 Å². The van der Waals surface area contributed by atoms with E-state index in [9.17, 15) is 14.7 Å². The Balaban J connectivity index is 2.11. The molecule has 0 fully saturated rings. The predicted octanol–water partition coefficient (Wildman–Crippen LogP) is 4.82. The van der Waals surface area contributed by atoms with Crippen molar-refractivity contribution in [3.63, 3.8) is 0 Å². The van der Waals surface area contributed by atoms with Crippen molar-refractivity contribution in [1.82, 2.24) is 0 Å². The molecule has 0 unspecified atom stereocenters. The van der Waals surface area contributed by atoms with Crippen molar-refractivity contribution in [2.45, 2.75) is 53.6 Å². The number of nitrogens with zero attached hydrogens (tertiary/aromatic N) is 1. The topological polar surface area (TPSA) is 57.6 Å². The Labute approximate surface area is 174 Å². The zero-order chi connectivity index (χ0) is 21.0. The molecule has 1 atom stereocenters. The molecule has 0 bridgehead atoms. The molecule has 148 valence electrons. The van der Waals surface area contributed by atoms with Gasteiger partial charge in [0.1, 0.15) is 0 Å². The maximum absolute atomic E-state index is 13.4. The van der Waals surface area contributed by atoms with Crippen LogP contribution in [-0.4, -0.2) is 23.3 Å². The number of hydrogen-bond acceptors (Lipinski definition) is 3. The number of carbonyl (C=O) groups excluding carboxylic acids is 2. The smallest absolute Gasteiger partial charge is 0.264 e. The van der Waals surface area contributed by atoms with Crippen molar-refractivity contribution >= 4 is 33.3 Å². The van der Waals surface area contributed by atoms with Crippen LogP contribution in [-0.2, 0) is 10.4 Å². The molecule has 1 aliphatic heterocycles. The molecular weight excluding hydrogens is 418 g/mol. The summed E-state index contributed by atoms with van der Waals surface area (Å²) in [7, 11) is 0. The van der Waals surface area contributed by atoms with E-state index in [-0.39, 0.29) is 12.2 Å². The molecule has 0 spiro atoms. The molecule has 0 saturated carbocycles. The Morgan fingerprint density at radius 2 is 1.57 bits per heavy atom. The molecule has 2 aromatic rings. The molecule has 0 aromatic heterocycles. The number of hydrogen-bond donors (Lipinski definition) is 1. The van der Waals surface area contributed by atoms with Crippen LogP contribution in [0.2, 0.25) is 0 Å². The average Bonchev–Trinajstić information content (AvgIpc) is 2.85. The van der Waals surface area contributed by atoms with Gasteiger partial charge in [-0.1, -0.05) is 15.9 Å². The van der Waals surface area contributed by atoms with Gasteiger partial charge in [-0.2, -0.15) is 0 Å². The van der Waals surface area contributed by atoms with Crippen molar-refractivity contribution < 1.29 is 14.7 Å². The van der Waals surface area contributed by atoms with E-state index in [4.69, 9.17) is 0 Å². The van der Waals surface area contributed by atoms with Crippen LogP contribution >= 0.6 is 15.9 Å². The van der Waals surface area contributed by atoms with Crippen LogP contribution in [0.15, 0.2) is 22.7 Å². The summed E-state index contributed by atoms with van der Waals surface area (Å²) in [4.78, 5) is 28.0. The van der Waals surface area contributed by atoms with Crippen LogP contribution in [0.4, 0.5) is 5.69 Å². The summed E-state index contributed by atoms with van der Waals surface area (Å²) in [5.41, 5.74) is 5.08. The lowest BCUT2D eigenvalue weighted by Crippen LogP contribution is -2.42. The lowest BCUT2D eigenvalue weighted by atomic mass is 9.82. The van der Waals surface area contributed by atoms with Crippen molar-refractivity contribution in [2.24, 2.45) is 0 Å². The highest BCUT2D eigenvalue weighted by Crippen LogP contribution is 2.44. The second-order valence-corrected chi connectivity index (χ2v) is 8.59. The van der Waals surface area contributed by atoms with Crippen molar-refractivity contribution in [3.8, 4) is 0 Å². The molecule has 5 heteroatoms. The summed E-state index contributed by atoms with van der Waals surface area (Å²) >= 11 is 3.41. The predicted molar refractivity (Wildman–Crippen MR) is 115 cm³/mol. The number of carbonyl (C=O) groups is 2. The van der Waals surface area contributed by atoms with Gasteiger partial charge in [0.05, 0.1) is 12.1 Å². The van der Waals surface area contributed by atoms with Gasteiger partial charge < -0.3 is 10.0 Å². The molecule has 1 aliphatic rings. The molecule has 0 saturated heterocycles. The minimum absolute atomic E-state index is 0.207. The zero-order valence-electron chi connectivity index (χ0n) is 17.2. The molecule has 0 radical (unpaired) electrons. The van der Waals surface area contributed by atoms with Gasteiger partial charge in [-0.15, -0.1) is 0 Å². The van der Waals surface area contributed by atoms with Crippen LogP contribution in [0.3, 0.4) is 0 Å². The first kappa shape index (κ1) is 20.7. The minimum atomic E-state index is -1.85. The number of amides is 1. The third kappa shape index (κ3) is 2.92. The Bertz CT molecular complexity index is 982. The summed E-state index contributed by atoms with van der Waals surface area (Å²) in [6.45, 7) is 12.2. The summed E-state index contributed by atoms with van der Waals surface area (Å²) in [6.07, 6.45) is -0.268. The number of ketones is 1. The van der Waals surface area contributed by atoms with Crippen LogP contribution in [0.1, 0.15) is 57.1 Å². The van der Waals surface area contributed by atoms with Gasteiger partial charge in [-0.25, -0.2) is 0 Å². The average molecular weight is 444 g/mol. The van der Waals surface area contributed by atoms with Gasteiger partial charge in [0.15, 0.2) is 11.4 Å². The number of likely N-dealkylation sites (N-methyl/N-ethyl adjacent to an activating group) is 1. The molecule has 0 aliphatic carbocycles. The van der Waals surface area contributed by atoms with E-state index in [0.29, 0.717) is 23.4 Å². The van der Waals surface area contributed by atoms with E-state index in [1.54, 1.807) is 17.0 Å². The monoisotopic (exact) mass is 443 g/mol. The molecule has 1 heterocycles. The first-order chi connectivity index (χ1) is 13.0. The highest BCUT2D eigenvalue weighted by Gasteiger charge is 2.50. The molecule has 28 heavy (non-hydrogen) atoms. The second-order valence-electron chi connectivity index (χ2n) is 7.67. The van der Waals surface area contributed by atoms with Gasteiger partial charge in [0, 0.05) is 22.1 Å². The Hall–Kier alpha value is -1.98. The zero-order valence-corrected chi connectivity index (χ0v) is 18.8. The lowest BCUT2D eigenvalue weighted by Gasteiger charge is -2.24. The van der Waals surface area contributed by atoms with E-state index in [1.807, 2.05) is 40.7 Å². The van der Waals surface area contributed by atoms with E-state index in [1.165, 1.54) is 5.56 Å². The van der Waals surface area contributed by atoms with E-state index < -0.39 is 11.5 Å². The van der Waals surface area contributed by atoms with Crippen LogP contribution < -0.4 is 4.90 Å². The van der Waals surface area contributed by atoms with Crippen molar-refractivity contribution in [3.05, 3.63) is 61.6 Å². The number of benzene rings is 2. The molecule has 4 nitrogen and oxygen atoms in total. The largest absolute Gasteiger partial charge is 0.375 e. The molecule has 3 rings (SSSR count). The van der Waals surface area contributed by atoms with Gasteiger partial charge in [-0.3, -0.25) is 9.59 Å². The fourth-order valence-corrected chi connectivity index (χ4v) is 4.61.